The zero-order valence-electron chi connectivity index (χ0n) is 16.7. The molecule has 0 bridgehead atoms. The molecule has 0 radical (unpaired) electrons. The molecule has 0 saturated carbocycles. The van der Waals surface area contributed by atoms with E-state index in [0.29, 0.717) is 23.4 Å². The fourth-order valence-electron chi connectivity index (χ4n) is 3.48. The van der Waals surface area contributed by atoms with E-state index in [0.717, 1.165) is 16.2 Å². The quantitative estimate of drug-likeness (QED) is 0.614. The topological polar surface area (TPSA) is 95.9 Å². The number of nitrogens with one attached hydrogen (secondary N) is 1. The Hall–Kier alpha value is -3.17. The van der Waals surface area contributed by atoms with E-state index in [1.165, 1.54) is 0 Å². The highest BCUT2D eigenvalue weighted by atomic mass is 32.2. The van der Waals surface area contributed by atoms with Gasteiger partial charge in [0.05, 0.1) is 22.9 Å². The van der Waals surface area contributed by atoms with Crippen LogP contribution in [0.2, 0.25) is 0 Å². The van der Waals surface area contributed by atoms with Crippen LogP contribution in [0.4, 0.5) is 5.69 Å². The van der Waals surface area contributed by atoms with Gasteiger partial charge in [0.15, 0.2) is 0 Å². The molecule has 1 aliphatic heterocycles. The van der Waals surface area contributed by atoms with Crippen LogP contribution < -0.4 is 4.72 Å². The van der Waals surface area contributed by atoms with Crippen LogP contribution in [-0.2, 0) is 20.0 Å². The van der Waals surface area contributed by atoms with Gasteiger partial charge in [-0.05, 0) is 35.4 Å². The van der Waals surface area contributed by atoms with E-state index < -0.39 is 26.1 Å². The van der Waals surface area contributed by atoms with E-state index in [1.807, 2.05) is 30.3 Å². The van der Waals surface area contributed by atoms with Crippen LogP contribution in [0.25, 0.3) is 0 Å². The van der Waals surface area contributed by atoms with E-state index in [1.54, 1.807) is 54.6 Å². The van der Waals surface area contributed by atoms with E-state index >= 15 is 0 Å². The molecule has 1 aliphatic rings. The standard InChI is InChI=1S/C22H21N3O4S2/c1-30(26,27)24-19-12-8-11-18(15-19)21-16-22(17-9-4-2-5-10-17)25(23-21)31(28,29)20-13-6-3-7-14-20/h2-15,22,24H,16H2,1H3/t22-/m1/s1. The second kappa shape index (κ2) is 8.16. The predicted octanol–water partition coefficient (Wildman–Crippen LogP) is 3.60. The Morgan fingerprint density at radius 3 is 2.16 bits per heavy atom. The zero-order valence-corrected chi connectivity index (χ0v) is 18.3. The maximum atomic E-state index is 13.4. The highest BCUT2D eigenvalue weighted by Gasteiger charge is 2.37. The molecule has 0 aliphatic carbocycles. The molecule has 0 spiro atoms. The van der Waals surface area contributed by atoms with Gasteiger partial charge >= 0.3 is 0 Å². The Labute approximate surface area is 182 Å². The molecule has 4 rings (SSSR count). The molecule has 1 atom stereocenters. The summed E-state index contributed by atoms with van der Waals surface area (Å²) in [6, 6.07) is 23.8. The van der Waals surface area contributed by atoms with Crippen molar-refractivity contribution in [3.05, 3.63) is 96.1 Å². The third kappa shape index (κ3) is 4.62. The first kappa shape index (κ1) is 21.1. The molecular formula is C22H21N3O4S2. The van der Waals surface area contributed by atoms with Crippen LogP contribution in [-0.4, -0.2) is 33.2 Å². The minimum atomic E-state index is -3.88. The molecule has 0 unspecified atom stereocenters. The Bertz CT molecular complexity index is 1320. The van der Waals surface area contributed by atoms with Crippen molar-refractivity contribution in [1.29, 1.82) is 0 Å². The van der Waals surface area contributed by atoms with Gasteiger partial charge in [0, 0.05) is 12.1 Å². The van der Waals surface area contributed by atoms with Crippen LogP contribution in [0.15, 0.2) is 94.9 Å². The summed E-state index contributed by atoms with van der Waals surface area (Å²) in [6.45, 7) is 0. The fourth-order valence-corrected chi connectivity index (χ4v) is 5.49. The normalized spacial score (nSPS) is 16.7. The summed E-state index contributed by atoms with van der Waals surface area (Å²) in [7, 11) is -7.32. The number of rotatable bonds is 6. The maximum Gasteiger partial charge on any atom is 0.279 e. The predicted molar refractivity (Wildman–Crippen MR) is 121 cm³/mol. The molecule has 0 saturated heterocycles. The van der Waals surface area contributed by atoms with Gasteiger partial charge in [-0.3, -0.25) is 4.72 Å². The number of benzene rings is 3. The number of hydrogen-bond donors (Lipinski definition) is 1. The van der Waals surface area contributed by atoms with Crippen LogP contribution in [0.1, 0.15) is 23.6 Å². The Morgan fingerprint density at radius 2 is 1.52 bits per heavy atom. The second-order valence-electron chi connectivity index (χ2n) is 7.22. The molecule has 9 heteroatoms. The van der Waals surface area contributed by atoms with Gasteiger partial charge in [0.2, 0.25) is 10.0 Å². The van der Waals surface area contributed by atoms with E-state index in [2.05, 4.69) is 9.82 Å². The molecule has 3 aromatic carbocycles. The van der Waals surface area contributed by atoms with E-state index in [9.17, 15) is 16.8 Å². The monoisotopic (exact) mass is 455 g/mol. The molecule has 0 aromatic heterocycles. The van der Waals surface area contributed by atoms with E-state index in [4.69, 9.17) is 0 Å². The van der Waals surface area contributed by atoms with E-state index in [-0.39, 0.29) is 4.90 Å². The summed E-state index contributed by atoms with van der Waals surface area (Å²) in [5, 5.41) is 4.49. The third-order valence-corrected chi connectivity index (χ3v) is 7.15. The highest BCUT2D eigenvalue weighted by molar-refractivity contribution is 7.92. The average Bonchev–Trinajstić information content (AvgIpc) is 3.21. The van der Waals surface area contributed by atoms with Crippen molar-refractivity contribution in [1.82, 2.24) is 4.41 Å². The molecule has 1 N–H and O–H groups in total. The molecule has 3 aromatic rings. The molecule has 7 nitrogen and oxygen atoms in total. The number of anilines is 1. The number of hydrogen-bond acceptors (Lipinski definition) is 5. The van der Waals surface area contributed by atoms with Gasteiger partial charge in [-0.15, -0.1) is 0 Å². The van der Waals surface area contributed by atoms with Crippen molar-refractivity contribution >= 4 is 31.4 Å². The minimum absolute atomic E-state index is 0.161. The summed E-state index contributed by atoms with van der Waals surface area (Å²) >= 11 is 0. The summed E-state index contributed by atoms with van der Waals surface area (Å²) in [5.74, 6) is 0. The number of sulfonamides is 2. The summed E-state index contributed by atoms with van der Waals surface area (Å²) in [6.07, 6.45) is 1.44. The van der Waals surface area contributed by atoms with Gasteiger partial charge in [-0.25, -0.2) is 8.42 Å². The summed E-state index contributed by atoms with van der Waals surface area (Å²) in [4.78, 5) is 0.161. The van der Waals surface area contributed by atoms with Gasteiger partial charge in [0.1, 0.15) is 0 Å². The average molecular weight is 456 g/mol. The van der Waals surface area contributed by atoms with Gasteiger partial charge in [-0.2, -0.15) is 17.9 Å². The van der Waals surface area contributed by atoms with Crippen molar-refractivity contribution in [2.24, 2.45) is 5.10 Å². The molecule has 0 amide bonds. The fraction of sp³-hybridized carbons (Fsp3) is 0.136. The first-order valence-corrected chi connectivity index (χ1v) is 12.9. The molecule has 1 heterocycles. The first-order valence-electron chi connectivity index (χ1n) is 9.54. The zero-order chi connectivity index (χ0) is 22.1. The maximum absolute atomic E-state index is 13.4. The van der Waals surface area contributed by atoms with Crippen molar-refractivity contribution in [3.63, 3.8) is 0 Å². The molecule has 0 fully saturated rings. The first-order chi connectivity index (χ1) is 14.7. The largest absolute Gasteiger partial charge is 0.284 e. The SMILES string of the molecule is CS(=O)(=O)Nc1cccc(C2=NN(S(=O)(=O)c3ccccc3)[C@@H](c3ccccc3)C2)c1. The van der Waals surface area contributed by atoms with Gasteiger partial charge in [-0.1, -0.05) is 60.7 Å². The Kier molecular flexibility index (Phi) is 5.55. The molecule has 31 heavy (non-hydrogen) atoms. The van der Waals surface area contributed by atoms with Crippen molar-refractivity contribution < 1.29 is 16.8 Å². The molecular weight excluding hydrogens is 434 g/mol. The number of nitrogens with zero attached hydrogens (tertiary/aromatic N) is 2. The van der Waals surface area contributed by atoms with Gasteiger partial charge in [0.25, 0.3) is 10.0 Å². The van der Waals surface area contributed by atoms with Crippen LogP contribution in [0.5, 0.6) is 0 Å². The number of hydrazone groups is 1. The van der Waals surface area contributed by atoms with Crippen molar-refractivity contribution in [3.8, 4) is 0 Å². The smallest absolute Gasteiger partial charge is 0.279 e. The lowest BCUT2D eigenvalue weighted by atomic mass is 9.99. The van der Waals surface area contributed by atoms with Crippen LogP contribution >= 0.6 is 0 Å². The molecule has 160 valence electrons. The highest BCUT2D eigenvalue weighted by Crippen LogP contribution is 2.37. The van der Waals surface area contributed by atoms with Gasteiger partial charge < -0.3 is 0 Å². The summed E-state index contributed by atoms with van der Waals surface area (Å²) in [5.41, 5.74) is 2.43. The van der Waals surface area contributed by atoms with Crippen LogP contribution in [0.3, 0.4) is 0 Å². The lowest BCUT2D eigenvalue weighted by molar-refractivity contribution is 0.371. The lowest BCUT2D eigenvalue weighted by Gasteiger charge is -2.23. The van der Waals surface area contributed by atoms with Crippen molar-refractivity contribution in [2.75, 3.05) is 11.0 Å². The Morgan fingerprint density at radius 1 is 0.871 bits per heavy atom. The lowest BCUT2D eigenvalue weighted by Crippen LogP contribution is -2.27. The second-order valence-corrected chi connectivity index (χ2v) is 10.8. The van der Waals surface area contributed by atoms with Crippen LogP contribution in [0, 0.1) is 0 Å². The third-order valence-electron chi connectivity index (χ3n) is 4.84. The Balaban J connectivity index is 1.77. The summed E-state index contributed by atoms with van der Waals surface area (Å²) < 4.78 is 53.5. The van der Waals surface area contributed by atoms with Crippen molar-refractivity contribution in [2.45, 2.75) is 17.4 Å². The minimum Gasteiger partial charge on any atom is -0.284 e.